The SMILES string of the molecule is O=C(COC(=O)c1cccc(S(=O)(=O)N2CCc3ccccc3C2)c1)NC1CC1. The van der Waals surface area contributed by atoms with Gasteiger partial charge in [0.05, 0.1) is 10.5 Å². The number of rotatable bonds is 6. The van der Waals surface area contributed by atoms with Crippen molar-refractivity contribution in [1.82, 2.24) is 9.62 Å². The highest BCUT2D eigenvalue weighted by atomic mass is 32.2. The second-order valence-corrected chi connectivity index (χ2v) is 9.24. The number of hydrogen-bond donors (Lipinski definition) is 1. The van der Waals surface area contributed by atoms with Gasteiger partial charge in [0, 0.05) is 19.1 Å². The van der Waals surface area contributed by atoms with Gasteiger partial charge in [0.15, 0.2) is 6.61 Å². The van der Waals surface area contributed by atoms with E-state index < -0.39 is 16.0 Å². The highest BCUT2D eigenvalue weighted by Gasteiger charge is 2.29. The number of nitrogens with one attached hydrogen (secondary N) is 1. The Kier molecular flexibility index (Phi) is 5.38. The molecule has 2 aromatic carbocycles. The molecule has 1 saturated carbocycles. The summed E-state index contributed by atoms with van der Waals surface area (Å²) in [5.41, 5.74) is 2.24. The molecule has 1 aliphatic heterocycles. The van der Waals surface area contributed by atoms with Crippen molar-refractivity contribution in [3.63, 3.8) is 0 Å². The van der Waals surface area contributed by atoms with E-state index in [1.54, 1.807) is 0 Å². The van der Waals surface area contributed by atoms with Gasteiger partial charge in [-0.2, -0.15) is 4.31 Å². The summed E-state index contributed by atoms with van der Waals surface area (Å²) in [4.78, 5) is 24.0. The third kappa shape index (κ3) is 4.49. The van der Waals surface area contributed by atoms with Gasteiger partial charge in [-0.25, -0.2) is 13.2 Å². The van der Waals surface area contributed by atoms with E-state index in [1.165, 1.54) is 28.6 Å². The van der Waals surface area contributed by atoms with E-state index in [2.05, 4.69) is 5.32 Å². The number of hydrogen-bond acceptors (Lipinski definition) is 5. The van der Waals surface area contributed by atoms with E-state index in [9.17, 15) is 18.0 Å². The molecule has 0 bridgehead atoms. The number of amides is 1. The fraction of sp³-hybridized carbons (Fsp3) is 0.333. The van der Waals surface area contributed by atoms with Crippen molar-refractivity contribution >= 4 is 21.9 Å². The molecular formula is C21H22N2O5S. The second kappa shape index (κ2) is 7.96. The van der Waals surface area contributed by atoms with E-state index in [4.69, 9.17) is 4.74 Å². The monoisotopic (exact) mass is 414 g/mol. The number of nitrogens with zero attached hydrogens (tertiary/aromatic N) is 1. The predicted octanol–water partition coefficient (Wildman–Crippen LogP) is 1.87. The molecule has 0 atom stereocenters. The zero-order valence-corrected chi connectivity index (χ0v) is 16.7. The van der Waals surface area contributed by atoms with E-state index in [0.29, 0.717) is 19.5 Å². The molecule has 1 heterocycles. The quantitative estimate of drug-likeness (QED) is 0.729. The molecule has 0 saturated heterocycles. The van der Waals surface area contributed by atoms with Crippen LogP contribution in [0.4, 0.5) is 0 Å². The average molecular weight is 414 g/mol. The van der Waals surface area contributed by atoms with Crippen molar-refractivity contribution in [1.29, 1.82) is 0 Å². The van der Waals surface area contributed by atoms with E-state index in [1.807, 2.05) is 24.3 Å². The Morgan fingerprint density at radius 1 is 1.07 bits per heavy atom. The van der Waals surface area contributed by atoms with Gasteiger partial charge in [-0.05, 0) is 48.6 Å². The molecule has 2 aliphatic rings. The Balaban J connectivity index is 1.46. The molecule has 1 fully saturated rings. The first-order valence-electron chi connectivity index (χ1n) is 9.57. The molecule has 0 spiro atoms. The molecule has 7 nitrogen and oxygen atoms in total. The summed E-state index contributed by atoms with van der Waals surface area (Å²) in [6.07, 6.45) is 2.54. The van der Waals surface area contributed by atoms with Crippen LogP contribution in [0.2, 0.25) is 0 Å². The maximum Gasteiger partial charge on any atom is 0.338 e. The molecular weight excluding hydrogens is 392 g/mol. The molecule has 1 N–H and O–H groups in total. The topological polar surface area (TPSA) is 92.8 Å². The van der Waals surface area contributed by atoms with Gasteiger partial charge >= 0.3 is 5.97 Å². The lowest BCUT2D eigenvalue weighted by Gasteiger charge is -2.28. The van der Waals surface area contributed by atoms with Gasteiger partial charge in [-0.15, -0.1) is 0 Å². The van der Waals surface area contributed by atoms with Gasteiger partial charge in [0.1, 0.15) is 0 Å². The van der Waals surface area contributed by atoms with E-state index in [-0.39, 0.29) is 29.0 Å². The van der Waals surface area contributed by atoms with Crippen LogP contribution < -0.4 is 5.32 Å². The van der Waals surface area contributed by atoms with Crippen molar-refractivity contribution in [2.24, 2.45) is 0 Å². The van der Waals surface area contributed by atoms with Crippen molar-refractivity contribution in [2.45, 2.75) is 36.7 Å². The number of benzene rings is 2. The number of sulfonamides is 1. The predicted molar refractivity (Wildman–Crippen MR) is 106 cm³/mol. The van der Waals surface area contributed by atoms with Crippen LogP contribution in [0.3, 0.4) is 0 Å². The maximum absolute atomic E-state index is 13.1. The highest BCUT2D eigenvalue weighted by Crippen LogP contribution is 2.25. The summed E-state index contributed by atoms with van der Waals surface area (Å²) in [5, 5.41) is 2.73. The summed E-state index contributed by atoms with van der Waals surface area (Å²) in [6.45, 7) is 0.305. The lowest BCUT2D eigenvalue weighted by molar-refractivity contribution is -0.124. The average Bonchev–Trinajstić information content (AvgIpc) is 3.55. The van der Waals surface area contributed by atoms with E-state index >= 15 is 0 Å². The Hall–Kier alpha value is -2.71. The molecule has 152 valence electrons. The smallest absolute Gasteiger partial charge is 0.338 e. The van der Waals surface area contributed by atoms with Crippen molar-refractivity contribution in [2.75, 3.05) is 13.2 Å². The molecule has 8 heteroatoms. The molecule has 1 aliphatic carbocycles. The zero-order valence-electron chi connectivity index (χ0n) is 15.8. The van der Waals surface area contributed by atoms with Crippen LogP contribution in [0.25, 0.3) is 0 Å². The molecule has 0 unspecified atom stereocenters. The van der Waals surface area contributed by atoms with Gasteiger partial charge in [-0.3, -0.25) is 4.79 Å². The Bertz CT molecular complexity index is 1050. The molecule has 29 heavy (non-hydrogen) atoms. The fourth-order valence-corrected chi connectivity index (χ4v) is 4.78. The number of esters is 1. The first kappa shape index (κ1) is 19.6. The minimum Gasteiger partial charge on any atom is -0.452 e. The minimum atomic E-state index is -3.75. The number of carbonyl (C=O) groups excluding carboxylic acids is 2. The largest absolute Gasteiger partial charge is 0.452 e. The first-order valence-corrected chi connectivity index (χ1v) is 11.0. The zero-order chi connectivity index (χ0) is 20.4. The maximum atomic E-state index is 13.1. The Morgan fingerprint density at radius 3 is 2.59 bits per heavy atom. The number of fused-ring (bicyclic) bond motifs is 1. The minimum absolute atomic E-state index is 0.0359. The van der Waals surface area contributed by atoms with Crippen LogP contribution in [0.5, 0.6) is 0 Å². The van der Waals surface area contributed by atoms with Gasteiger partial charge in [-0.1, -0.05) is 30.3 Å². The van der Waals surface area contributed by atoms with Crippen LogP contribution in [-0.2, 0) is 32.5 Å². The lowest BCUT2D eigenvalue weighted by Crippen LogP contribution is -2.36. The summed E-state index contributed by atoms with van der Waals surface area (Å²) in [6, 6.07) is 13.7. The van der Waals surface area contributed by atoms with Gasteiger partial charge in [0.2, 0.25) is 10.0 Å². The Labute approximate surface area is 169 Å². The van der Waals surface area contributed by atoms with Crippen molar-refractivity contribution < 1.29 is 22.7 Å². The molecule has 1 amide bonds. The molecule has 4 rings (SSSR count). The summed E-state index contributed by atoms with van der Waals surface area (Å²) in [7, 11) is -3.75. The highest BCUT2D eigenvalue weighted by molar-refractivity contribution is 7.89. The summed E-state index contributed by atoms with van der Waals surface area (Å²) in [5.74, 6) is -1.08. The molecule has 0 aromatic heterocycles. The Morgan fingerprint density at radius 2 is 1.83 bits per heavy atom. The third-order valence-corrected chi connectivity index (χ3v) is 6.92. The van der Waals surface area contributed by atoms with Crippen LogP contribution in [0.1, 0.15) is 34.3 Å². The second-order valence-electron chi connectivity index (χ2n) is 7.30. The van der Waals surface area contributed by atoms with Gasteiger partial charge < -0.3 is 10.1 Å². The van der Waals surface area contributed by atoms with Gasteiger partial charge in [0.25, 0.3) is 5.91 Å². The molecule has 2 aromatic rings. The van der Waals surface area contributed by atoms with Crippen LogP contribution in [0, 0.1) is 0 Å². The number of carbonyl (C=O) groups is 2. The fourth-order valence-electron chi connectivity index (χ4n) is 3.32. The van der Waals surface area contributed by atoms with Crippen LogP contribution in [-0.4, -0.2) is 43.8 Å². The first-order chi connectivity index (χ1) is 13.9. The number of ether oxygens (including phenoxy) is 1. The summed E-state index contributed by atoms with van der Waals surface area (Å²) < 4.78 is 32.6. The van der Waals surface area contributed by atoms with Crippen LogP contribution in [0.15, 0.2) is 53.4 Å². The molecule has 0 radical (unpaired) electrons. The van der Waals surface area contributed by atoms with E-state index in [0.717, 1.165) is 24.0 Å². The third-order valence-electron chi connectivity index (χ3n) is 5.08. The van der Waals surface area contributed by atoms with Crippen molar-refractivity contribution in [3.05, 3.63) is 65.2 Å². The normalized spacial score (nSPS) is 16.7. The standard InChI is InChI=1S/C21H22N2O5S/c24-20(22-18-8-9-18)14-28-21(25)16-6-3-7-19(12-16)29(26,27)23-11-10-15-4-1-2-5-17(15)13-23/h1-7,12,18H,8-11,13-14H2,(H,22,24). The lowest BCUT2D eigenvalue weighted by atomic mass is 10.0. The van der Waals surface area contributed by atoms with Crippen LogP contribution >= 0.6 is 0 Å². The van der Waals surface area contributed by atoms with Crippen molar-refractivity contribution in [3.8, 4) is 0 Å². The summed E-state index contributed by atoms with van der Waals surface area (Å²) >= 11 is 0.